The average Bonchev–Trinajstić information content (AvgIpc) is 2.51. The van der Waals surface area contributed by atoms with Crippen molar-refractivity contribution in [3.63, 3.8) is 0 Å². The number of amides is 2. The summed E-state index contributed by atoms with van der Waals surface area (Å²) in [5, 5.41) is 14.6. The third-order valence-corrected chi connectivity index (χ3v) is 4.53. The van der Waals surface area contributed by atoms with Gasteiger partial charge in [0, 0.05) is 0 Å². The van der Waals surface area contributed by atoms with E-state index in [1.807, 2.05) is 24.5 Å². The van der Waals surface area contributed by atoms with Crippen LogP contribution in [0.4, 0.5) is 4.79 Å². The van der Waals surface area contributed by atoms with Crippen molar-refractivity contribution in [3.05, 3.63) is 35.4 Å². The molecule has 0 saturated heterocycles. The maximum atomic E-state index is 12.1. The number of carbonyl (C=O) groups excluding carboxylic acids is 1. The van der Waals surface area contributed by atoms with Gasteiger partial charge in [0.2, 0.25) is 0 Å². The van der Waals surface area contributed by atoms with Gasteiger partial charge >= 0.3 is 12.0 Å². The second-order valence-corrected chi connectivity index (χ2v) is 6.42. The molecule has 1 aliphatic rings. The van der Waals surface area contributed by atoms with E-state index in [0.717, 1.165) is 24.8 Å². The van der Waals surface area contributed by atoms with Crippen molar-refractivity contribution in [2.45, 2.75) is 37.8 Å². The van der Waals surface area contributed by atoms with Crippen LogP contribution in [0.2, 0.25) is 0 Å². The fourth-order valence-electron chi connectivity index (χ4n) is 2.76. The van der Waals surface area contributed by atoms with E-state index in [0.29, 0.717) is 12.2 Å². The predicted octanol–water partition coefficient (Wildman–Crippen LogP) is 2.57. The fraction of sp³-hybridized carbons (Fsp3) is 0.500. The lowest BCUT2D eigenvalue weighted by Crippen LogP contribution is -2.47. The zero-order chi connectivity index (χ0) is 15.9. The summed E-state index contributed by atoms with van der Waals surface area (Å²) in [4.78, 5) is 23.3. The fourth-order valence-corrected chi connectivity index (χ4v) is 3.23. The SMILES string of the molecule is CSCC[C@H](NC(=O)NC1CCCc2ccccc21)C(=O)O. The molecule has 0 heterocycles. The molecule has 0 fully saturated rings. The molecule has 0 spiro atoms. The number of aliphatic carboxylic acids is 1. The van der Waals surface area contributed by atoms with Gasteiger partial charge in [-0.15, -0.1) is 0 Å². The molecule has 1 aliphatic carbocycles. The van der Waals surface area contributed by atoms with Crippen molar-refractivity contribution < 1.29 is 14.7 Å². The molecule has 3 N–H and O–H groups in total. The predicted molar refractivity (Wildman–Crippen MR) is 88.2 cm³/mol. The second-order valence-electron chi connectivity index (χ2n) is 5.43. The van der Waals surface area contributed by atoms with Crippen LogP contribution in [-0.2, 0) is 11.2 Å². The van der Waals surface area contributed by atoms with Gasteiger partial charge in [-0.25, -0.2) is 9.59 Å². The van der Waals surface area contributed by atoms with Crippen LogP contribution in [0.1, 0.15) is 36.4 Å². The van der Waals surface area contributed by atoms with Gasteiger partial charge < -0.3 is 15.7 Å². The van der Waals surface area contributed by atoms with Crippen molar-refractivity contribution in [2.75, 3.05) is 12.0 Å². The summed E-state index contributed by atoms with van der Waals surface area (Å²) in [6.07, 6.45) is 5.27. The number of carboxylic acids is 1. The van der Waals surface area contributed by atoms with Crippen LogP contribution >= 0.6 is 11.8 Å². The molecule has 1 unspecified atom stereocenters. The molecule has 0 radical (unpaired) electrons. The summed E-state index contributed by atoms with van der Waals surface area (Å²) < 4.78 is 0. The molecule has 22 heavy (non-hydrogen) atoms. The minimum absolute atomic E-state index is 0.0417. The first-order valence-corrected chi connectivity index (χ1v) is 8.87. The Labute approximate surface area is 134 Å². The van der Waals surface area contributed by atoms with E-state index in [4.69, 9.17) is 5.11 Å². The van der Waals surface area contributed by atoms with Crippen LogP contribution in [0, 0.1) is 0 Å². The number of carboxylic acid groups (broad SMARTS) is 1. The second kappa shape index (κ2) is 8.08. The molecule has 0 aromatic heterocycles. The number of aryl methyl sites for hydroxylation is 1. The first-order chi connectivity index (χ1) is 10.6. The molecule has 0 bridgehead atoms. The van der Waals surface area contributed by atoms with E-state index in [-0.39, 0.29) is 6.04 Å². The van der Waals surface area contributed by atoms with Crippen molar-refractivity contribution in [3.8, 4) is 0 Å². The Morgan fingerprint density at radius 3 is 2.91 bits per heavy atom. The summed E-state index contributed by atoms with van der Waals surface area (Å²) in [5.74, 6) is -0.294. The summed E-state index contributed by atoms with van der Waals surface area (Å²) >= 11 is 1.57. The number of hydrogen-bond acceptors (Lipinski definition) is 3. The molecule has 2 amide bonds. The third kappa shape index (κ3) is 4.40. The molecule has 2 atom stereocenters. The molecule has 120 valence electrons. The summed E-state index contributed by atoms with van der Waals surface area (Å²) in [6, 6.07) is 6.79. The molecular formula is C16H22N2O3S. The lowest BCUT2D eigenvalue weighted by atomic mass is 9.88. The molecule has 0 saturated carbocycles. The van der Waals surface area contributed by atoms with Crippen LogP contribution in [0.3, 0.4) is 0 Å². The third-order valence-electron chi connectivity index (χ3n) is 3.89. The van der Waals surface area contributed by atoms with Crippen molar-refractivity contribution >= 4 is 23.8 Å². The molecule has 0 aliphatic heterocycles. The van der Waals surface area contributed by atoms with Gasteiger partial charge in [-0.3, -0.25) is 0 Å². The Morgan fingerprint density at radius 1 is 1.41 bits per heavy atom. The smallest absolute Gasteiger partial charge is 0.326 e. The van der Waals surface area contributed by atoms with Crippen LogP contribution in [0.25, 0.3) is 0 Å². The van der Waals surface area contributed by atoms with Crippen molar-refractivity contribution in [1.29, 1.82) is 0 Å². The highest BCUT2D eigenvalue weighted by Gasteiger charge is 2.24. The minimum Gasteiger partial charge on any atom is -0.480 e. The van der Waals surface area contributed by atoms with Crippen LogP contribution in [-0.4, -0.2) is 35.2 Å². The number of fused-ring (bicyclic) bond motifs is 1. The molecule has 5 nitrogen and oxygen atoms in total. The number of benzene rings is 1. The zero-order valence-electron chi connectivity index (χ0n) is 12.7. The maximum Gasteiger partial charge on any atom is 0.326 e. The van der Waals surface area contributed by atoms with E-state index in [9.17, 15) is 9.59 Å². The van der Waals surface area contributed by atoms with Crippen LogP contribution < -0.4 is 10.6 Å². The Balaban J connectivity index is 1.96. The van der Waals surface area contributed by atoms with Gasteiger partial charge in [-0.1, -0.05) is 24.3 Å². The number of nitrogens with one attached hydrogen (secondary N) is 2. The van der Waals surface area contributed by atoms with Crippen LogP contribution in [0.5, 0.6) is 0 Å². The lowest BCUT2D eigenvalue weighted by Gasteiger charge is -2.27. The number of rotatable bonds is 6. The van der Waals surface area contributed by atoms with Gasteiger partial charge in [0.25, 0.3) is 0 Å². The Kier molecular flexibility index (Phi) is 6.12. The van der Waals surface area contributed by atoms with Crippen molar-refractivity contribution in [2.24, 2.45) is 0 Å². The zero-order valence-corrected chi connectivity index (χ0v) is 13.5. The van der Waals surface area contributed by atoms with Gasteiger partial charge in [0.05, 0.1) is 6.04 Å². The van der Waals surface area contributed by atoms with Gasteiger partial charge in [0.15, 0.2) is 0 Å². The maximum absolute atomic E-state index is 12.1. The van der Waals surface area contributed by atoms with E-state index in [2.05, 4.69) is 16.7 Å². The molecule has 1 aromatic carbocycles. The van der Waals surface area contributed by atoms with E-state index in [1.54, 1.807) is 11.8 Å². The topological polar surface area (TPSA) is 78.4 Å². The summed E-state index contributed by atoms with van der Waals surface area (Å²) in [7, 11) is 0. The summed E-state index contributed by atoms with van der Waals surface area (Å²) in [6.45, 7) is 0. The number of carbonyl (C=O) groups is 2. The first-order valence-electron chi connectivity index (χ1n) is 7.48. The van der Waals surface area contributed by atoms with Gasteiger partial charge in [-0.05, 0) is 48.8 Å². The first kappa shape index (κ1) is 16.7. The number of thioether (sulfide) groups is 1. The highest BCUT2D eigenvalue weighted by Crippen LogP contribution is 2.29. The standard InChI is InChI=1S/C16H22N2O3S/c1-22-10-9-14(15(19)20)18-16(21)17-13-8-4-6-11-5-2-3-7-12(11)13/h2-3,5,7,13-14H,4,6,8-10H2,1H3,(H,19,20)(H2,17,18,21)/t13?,14-/m0/s1. The van der Waals surface area contributed by atoms with Crippen molar-refractivity contribution in [1.82, 2.24) is 10.6 Å². The number of hydrogen-bond donors (Lipinski definition) is 3. The lowest BCUT2D eigenvalue weighted by molar-refractivity contribution is -0.139. The van der Waals surface area contributed by atoms with Crippen LogP contribution in [0.15, 0.2) is 24.3 Å². The normalized spacial score (nSPS) is 18.1. The van der Waals surface area contributed by atoms with Gasteiger partial charge in [-0.2, -0.15) is 11.8 Å². The monoisotopic (exact) mass is 322 g/mol. The average molecular weight is 322 g/mol. The highest BCUT2D eigenvalue weighted by atomic mass is 32.2. The minimum atomic E-state index is -0.992. The quantitative estimate of drug-likeness (QED) is 0.752. The molecule has 6 heteroatoms. The Morgan fingerprint density at radius 2 is 2.18 bits per heavy atom. The van der Waals surface area contributed by atoms with E-state index in [1.165, 1.54) is 5.56 Å². The molecular weight excluding hydrogens is 300 g/mol. The molecule has 2 rings (SSSR count). The number of urea groups is 1. The largest absolute Gasteiger partial charge is 0.480 e. The Bertz CT molecular complexity index is 536. The van der Waals surface area contributed by atoms with E-state index < -0.39 is 18.0 Å². The van der Waals surface area contributed by atoms with E-state index >= 15 is 0 Å². The highest BCUT2D eigenvalue weighted by molar-refractivity contribution is 7.98. The summed E-state index contributed by atoms with van der Waals surface area (Å²) in [5.41, 5.74) is 2.40. The van der Waals surface area contributed by atoms with Gasteiger partial charge in [0.1, 0.15) is 6.04 Å². The molecule has 1 aromatic rings. The Hall–Kier alpha value is -1.69.